The van der Waals surface area contributed by atoms with Gasteiger partial charge < -0.3 is 14.9 Å². The maximum atomic E-state index is 14.3. The highest BCUT2D eigenvalue weighted by atomic mass is 19.3. The number of ether oxygens (including phenoxy) is 1. The molecule has 2 rings (SSSR count). The lowest BCUT2D eigenvalue weighted by molar-refractivity contribution is -0.139. The summed E-state index contributed by atoms with van der Waals surface area (Å²) in [5.74, 6) is -8.08. The molecule has 1 saturated heterocycles. The van der Waals surface area contributed by atoms with Crippen LogP contribution in [0.5, 0.6) is 0 Å². The summed E-state index contributed by atoms with van der Waals surface area (Å²) in [7, 11) is 0. The van der Waals surface area contributed by atoms with Crippen molar-refractivity contribution in [3.63, 3.8) is 0 Å². The third kappa shape index (κ3) is 6.45. The van der Waals surface area contributed by atoms with Gasteiger partial charge in [-0.3, -0.25) is 9.69 Å². The number of cyclic esters (lactones) is 1. The number of aliphatic hydroxyl groups is 1. The van der Waals surface area contributed by atoms with Crippen LogP contribution in [-0.2, 0) is 15.5 Å². The Kier molecular flexibility index (Phi) is 7.83. The van der Waals surface area contributed by atoms with E-state index in [0.717, 1.165) is 11.0 Å². The number of rotatable bonds is 11. The van der Waals surface area contributed by atoms with Crippen LogP contribution < -0.4 is 0 Å². The van der Waals surface area contributed by atoms with Gasteiger partial charge in [-0.25, -0.2) is 13.6 Å². The second kappa shape index (κ2) is 9.92. The summed E-state index contributed by atoms with van der Waals surface area (Å²) in [6.45, 7) is -0.282. The second-order valence-electron chi connectivity index (χ2n) is 7.01. The first-order valence-electron chi connectivity index (χ1n) is 9.36. The maximum absolute atomic E-state index is 14.3. The van der Waals surface area contributed by atoms with Gasteiger partial charge in [-0.15, -0.1) is 0 Å². The van der Waals surface area contributed by atoms with Crippen molar-refractivity contribution in [2.75, 3.05) is 13.2 Å². The fraction of sp³-hybridized carbons (Fsp3) is 0.500. The minimum absolute atomic E-state index is 0.123. The first kappa shape index (κ1) is 23.7. The van der Waals surface area contributed by atoms with Crippen molar-refractivity contribution in [2.45, 2.75) is 49.7 Å². The van der Waals surface area contributed by atoms with Crippen molar-refractivity contribution >= 4 is 12.1 Å². The Morgan fingerprint density at radius 3 is 2.53 bits per heavy atom. The summed E-state index contributed by atoms with van der Waals surface area (Å²) >= 11 is 0. The van der Waals surface area contributed by atoms with Crippen LogP contribution in [0.1, 0.15) is 31.2 Å². The van der Waals surface area contributed by atoms with Crippen molar-refractivity contribution < 1.29 is 42.1 Å². The van der Waals surface area contributed by atoms with Crippen LogP contribution in [0.3, 0.4) is 0 Å². The number of carboxylic acids is 1. The van der Waals surface area contributed by atoms with Gasteiger partial charge in [0.25, 0.3) is 0 Å². The van der Waals surface area contributed by atoms with Gasteiger partial charge in [0.15, 0.2) is 0 Å². The van der Waals surface area contributed by atoms with E-state index in [1.807, 2.05) is 0 Å². The van der Waals surface area contributed by atoms with Gasteiger partial charge in [0.05, 0.1) is 12.5 Å². The highest BCUT2D eigenvalue weighted by Gasteiger charge is 2.39. The monoisotopic (exact) mass is 433 g/mol. The van der Waals surface area contributed by atoms with Gasteiger partial charge in [-0.1, -0.05) is 42.5 Å². The van der Waals surface area contributed by atoms with Crippen molar-refractivity contribution in [3.8, 4) is 0 Å². The average Bonchev–Trinajstić information content (AvgIpc) is 3.05. The van der Waals surface area contributed by atoms with E-state index in [-0.39, 0.29) is 25.1 Å². The normalized spacial score (nSPS) is 18.6. The fourth-order valence-corrected chi connectivity index (χ4v) is 2.99. The van der Waals surface area contributed by atoms with Crippen molar-refractivity contribution in [1.29, 1.82) is 0 Å². The molecule has 10 heteroatoms. The Morgan fingerprint density at radius 1 is 1.23 bits per heavy atom. The van der Waals surface area contributed by atoms with E-state index in [9.17, 15) is 32.3 Å². The average molecular weight is 433 g/mol. The third-order valence-corrected chi connectivity index (χ3v) is 4.70. The highest BCUT2D eigenvalue weighted by Crippen LogP contribution is 2.32. The van der Waals surface area contributed by atoms with Crippen molar-refractivity contribution in [2.24, 2.45) is 0 Å². The summed E-state index contributed by atoms with van der Waals surface area (Å²) in [4.78, 5) is 23.3. The van der Waals surface area contributed by atoms with Crippen LogP contribution in [-0.4, -0.2) is 58.4 Å². The van der Waals surface area contributed by atoms with E-state index in [0.29, 0.717) is 0 Å². The van der Waals surface area contributed by atoms with Crippen LogP contribution >= 0.6 is 0 Å². The number of aliphatic carboxylic acids is 1. The molecule has 6 nitrogen and oxygen atoms in total. The Labute approximate surface area is 170 Å². The molecule has 1 heterocycles. The van der Waals surface area contributed by atoms with Crippen molar-refractivity contribution in [1.82, 2.24) is 4.90 Å². The lowest BCUT2D eigenvalue weighted by Crippen LogP contribution is -2.35. The number of aliphatic hydroxyl groups excluding tert-OH is 1. The molecule has 1 fully saturated rings. The van der Waals surface area contributed by atoms with E-state index in [1.54, 1.807) is 6.07 Å². The summed E-state index contributed by atoms with van der Waals surface area (Å²) in [6, 6.07) is 5.96. The van der Waals surface area contributed by atoms with Gasteiger partial charge in [0.1, 0.15) is 12.7 Å². The lowest BCUT2D eigenvalue weighted by atomic mass is 10.0. The van der Waals surface area contributed by atoms with Crippen molar-refractivity contribution in [3.05, 3.63) is 48.0 Å². The van der Waals surface area contributed by atoms with Crippen LogP contribution in [0.2, 0.25) is 0 Å². The number of carboxylic acid groups (broad SMARTS) is 1. The Hall–Kier alpha value is -2.62. The van der Waals surface area contributed by atoms with Gasteiger partial charge in [-0.05, 0) is 6.42 Å². The molecule has 2 atom stereocenters. The molecule has 2 N–H and O–H groups in total. The second-order valence-corrected chi connectivity index (χ2v) is 7.01. The Balaban J connectivity index is 1.93. The highest BCUT2D eigenvalue weighted by molar-refractivity contribution is 5.70. The summed E-state index contributed by atoms with van der Waals surface area (Å²) in [6.07, 6.45) is -3.12. The zero-order valence-electron chi connectivity index (χ0n) is 16.0. The molecule has 1 aromatic rings. The molecule has 0 saturated carbocycles. The molecule has 1 amide bonds. The summed E-state index contributed by atoms with van der Waals surface area (Å²) < 4.78 is 60.8. The van der Waals surface area contributed by atoms with Crippen LogP contribution in [0.4, 0.5) is 22.4 Å². The minimum Gasteiger partial charge on any atom is -0.481 e. The minimum atomic E-state index is -3.56. The van der Waals surface area contributed by atoms with E-state index in [1.165, 1.54) is 30.3 Å². The third-order valence-electron chi connectivity index (χ3n) is 4.70. The van der Waals surface area contributed by atoms with Gasteiger partial charge in [0.2, 0.25) is 5.92 Å². The molecule has 0 bridgehead atoms. The molecule has 30 heavy (non-hydrogen) atoms. The van der Waals surface area contributed by atoms with E-state index in [4.69, 9.17) is 9.84 Å². The van der Waals surface area contributed by atoms with Crippen LogP contribution in [0.25, 0.3) is 0 Å². The van der Waals surface area contributed by atoms with Gasteiger partial charge in [0, 0.05) is 24.9 Å². The molecular weight excluding hydrogens is 410 g/mol. The molecule has 1 aliphatic rings. The molecule has 166 valence electrons. The predicted octanol–water partition coefficient (Wildman–Crippen LogP) is 3.80. The number of hydrogen-bond acceptors (Lipinski definition) is 4. The molecule has 0 aromatic heterocycles. The summed E-state index contributed by atoms with van der Waals surface area (Å²) in [5, 5.41) is 18.4. The predicted molar refractivity (Wildman–Crippen MR) is 98.4 cm³/mol. The van der Waals surface area contributed by atoms with Gasteiger partial charge >= 0.3 is 18.0 Å². The molecule has 0 radical (unpaired) electrons. The zero-order chi connectivity index (χ0) is 22.4. The number of carbonyl (C=O) groups is 2. The maximum Gasteiger partial charge on any atom is 0.410 e. The molecule has 1 aliphatic heterocycles. The number of hydrogen-bond donors (Lipinski definition) is 2. The first-order chi connectivity index (χ1) is 14.0. The zero-order valence-corrected chi connectivity index (χ0v) is 16.0. The number of carbonyl (C=O) groups excluding carboxylic acids is 1. The fourth-order valence-electron chi connectivity index (χ4n) is 2.99. The number of benzene rings is 1. The summed E-state index contributed by atoms with van der Waals surface area (Å²) in [5.41, 5.74) is -0.374. The largest absolute Gasteiger partial charge is 0.481 e. The van der Waals surface area contributed by atoms with E-state index >= 15 is 0 Å². The first-order valence-corrected chi connectivity index (χ1v) is 9.36. The van der Waals surface area contributed by atoms with E-state index in [2.05, 4.69) is 0 Å². The van der Waals surface area contributed by atoms with E-state index < -0.39 is 55.3 Å². The SMILES string of the molecule is O=C(O)CCC(F)(F)CCCN1C(=O)OCC1/C=C/C(O)C(F)(F)c1ccccc1. The molecule has 0 spiro atoms. The Morgan fingerprint density at radius 2 is 1.90 bits per heavy atom. The molecular formula is C20H23F4NO5. The Bertz CT molecular complexity index is 757. The standard InChI is InChI=1S/C20H23F4NO5/c21-19(22,11-9-17(27)28)10-4-12-25-15(13-30-18(25)29)7-8-16(26)20(23,24)14-5-2-1-3-6-14/h1-3,5-8,15-16,26H,4,9-13H2,(H,27,28)/b8-7+. The molecule has 1 aromatic carbocycles. The lowest BCUT2D eigenvalue weighted by Gasteiger charge is -2.23. The molecule has 2 unspecified atom stereocenters. The quantitative estimate of drug-likeness (QED) is 0.410. The topological polar surface area (TPSA) is 87.1 Å². The van der Waals surface area contributed by atoms with Gasteiger partial charge in [-0.2, -0.15) is 8.78 Å². The van der Waals surface area contributed by atoms with Crippen LogP contribution in [0, 0.1) is 0 Å². The smallest absolute Gasteiger partial charge is 0.410 e. The van der Waals surface area contributed by atoms with Crippen LogP contribution in [0.15, 0.2) is 42.5 Å². The number of nitrogens with zero attached hydrogens (tertiary/aromatic N) is 1. The number of alkyl halides is 4. The number of halogens is 4. The molecule has 0 aliphatic carbocycles. The number of amides is 1.